The molecule has 0 fully saturated rings. The molecule has 0 amide bonds. The van der Waals surface area contributed by atoms with Gasteiger partial charge in [0.15, 0.2) is 11.0 Å². The van der Waals surface area contributed by atoms with E-state index in [9.17, 15) is 4.39 Å². The first-order valence-corrected chi connectivity index (χ1v) is 4.52. The topological polar surface area (TPSA) is 12.9 Å². The summed E-state index contributed by atoms with van der Waals surface area (Å²) in [6, 6.07) is 12.4. The molecule has 2 aromatic rings. The van der Waals surface area contributed by atoms with Crippen LogP contribution in [-0.4, -0.2) is 4.98 Å². The lowest BCUT2D eigenvalue weighted by Gasteiger charge is -2.00. The predicted molar refractivity (Wildman–Crippen MR) is 54.6 cm³/mol. The fraction of sp³-hybridized carbons (Fsp3) is 0. The molecular weight excluding hydrogens is 201 g/mol. The van der Waals surface area contributed by atoms with E-state index in [0.717, 1.165) is 5.56 Å². The summed E-state index contributed by atoms with van der Waals surface area (Å²) in [4.78, 5) is 3.93. The van der Waals surface area contributed by atoms with Crippen LogP contribution >= 0.6 is 11.6 Å². The maximum Gasteiger partial charge on any atom is 0.165 e. The second kappa shape index (κ2) is 3.76. The molecule has 1 aromatic carbocycles. The van der Waals surface area contributed by atoms with E-state index in [1.807, 2.05) is 30.3 Å². The maximum atomic E-state index is 12.8. The van der Waals surface area contributed by atoms with Crippen LogP contribution in [0.1, 0.15) is 0 Å². The first kappa shape index (κ1) is 9.16. The predicted octanol–water partition coefficient (Wildman–Crippen LogP) is 3.54. The second-order valence-electron chi connectivity index (χ2n) is 2.84. The van der Waals surface area contributed by atoms with Gasteiger partial charge in [0.05, 0.1) is 5.69 Å². The molecule has 0 aliphatic carbocycles. The number of aromatic nitrogens is 1. The molecule has 2 rings (SSSR count). The summed E-state index contributed by atoms with van der Waals surface area (Å²) in [6.07, 6.45) is 0. The van der Waals surface area contributed by atoms with Gasteiger partial charge in [0.1, 0.15) is 0 Å². The van der Waals surface area contributed by atoms with Gasteiger partial charge in [-0.05, 0) is 12.1 Å². The van der Waals surface area contributed by atoms with E-state index in [-0.39, 0.29) is 5.15 Å². The Balaban J connectivity index is 2.48. The molecule has 1 nitrogen and oxygen atoms in total. The lowest BCUT2D eigenvalue weighted by molar-refractivity contribution is 0.622. The second-order valence-corrected chi connectivity index (χ2v) is 3.19. The van der Waals surface area contributed by atoms with Gasteiger partial charge in [-0.2, -0.15) is 0 Å². The summed E-state index contributed by atoms with van der Waals surface area (Å²) in [5.74, 6) is -0.494. The molecule has 0 aliphatic rings. The van der Waals surface area contributed by atoms with Crippen LogP contribution in [0.5, 0.6) is 0 Å². The normalized spacial score (nSPS) is 10.1. The molecule has 0 saturated heterocycles. The lowest BCUT2D eigenvalue weighted by atomic mass is 10.1. The molecule has 1 heterocycles. The zero-order chi connectivity index (χ0) is 9.97. The van der Waals surface area contributed by atoms with Gasteiger partial charge in [0.2, 0.25) is 0 Å². The van der Waals surface area contributed by atoms with Crippen molar-refractivity contribution >= 4 is 11.6 Å². The van der Waals surface area contributed by atoms with E-state index in [1.165, 1.54) is 6.07 Å². The number of rotatable bonds is 1. The zero-order valence-electron chi connectivity index (χ0n) is 7.24. The standard InChI is InChI=1S/C11H7ClFN/c12-11-9(13)6-7-10(14-11)8-4-2-1-3-5-8/h1-7H. The summed E-state index contributed by atoms with van der Waals surface area (Å²) in [5, 5.41) is -0.0913. The van der Waals surface area contributed by atoms with E-state index < -0.39 is 5.82 Å². The summed E-state index contributed by atoms with van der Waals surface area (Å²) < 4.78 is 12.8. The highest BCUT2D eigenvalue weighted by molar-refractivity contribution is 6.29. The molecular formula is C11H7ClFN. The van der Waals surface area contributed by atoms with E-state index in [4.69, 9.17) is 11.6 Å². The average Bonchev–Trinajstić information content (AvgIpc) is 2.23. The van der Waals surface area contributed by atoms with E-state index >= 15 is 0 Å². The minimum absolute atomic E-state index is 0.0913. The van der Waals surface area contributed by atoms with Crippen molar-refractivity contribution in [2.75, 3.05) is 0 Å². The smallest absolute Gasteiger partial charge is 0.165 e. The van der Waals surface area contributed by atoms with Gasteiger partial charge in [0.25, 0.3) is 0 Å². The number of hydrogen-bond acceptors (Lipinski definition) is 1. The van der Waals surface area contributed by atoms with Crippen LogP contribution in [0.4, 0.5) is 4.39 Å². The van der Waals surface area contributed by atoms with E-state index in [2.05, 4.69) is 4.98 Å². The third kappa shape index (κ3) is 1.75. The Morgan fingerprint density at radius 1 is 1.00 bits per heavy atom. The molecule has 3 heteroatoms. The Hall–Kier alpha value is -1.41. The number of nitrogens with zero attached hydrogens (tertiary/aromatic N) is 1. The monoisotopic (exact) mass is 207 g/mol. The molecule has 70 valence electrons. The number of benzene rings is 1. The van der Waals surface area contributed by atoms with Crippen molar-refractivity contribution in [1.82, 2.24) is 4.98 Å². The largest absolute Gasteiger partial charge is 0.233 e. The molecule has 0 aliphatic heterocycles. The van der Waals surface area contributed by atoms with Crippen molar-refractivity contribution in [1.29, 1.82) is 0 Å². The van der Waals surface area contributed by atoms with Gasteiger partial charge in [-0.15, -0.1) is 0 Å². The molecule has 0 spiro atoms. The highest BCUT2D eigenvalue weighted by Gasteiger charge is 2.03. The van der Waals surface area contributed by atoms with Crippen LogP contribution in [0.25, 0.3) is 11.3 Å². The van der Waals surface area contributed by atoms with Gasteiger partial charge in [-0.25, -0.2) is 9.37 Å². The van der Waals surface area contributed by atoms with E-state index in [0.29, 0.717) is 5.69 Å². The first-order chi connectivity index (χ1) is 6.77. The average molecular weight is 208 g/mol. The van der Waals surface area contributed by atoms with Crippen LogP contribution in [0, 0.1) is 5.82 Å². The molecule has 0 saturated carbocycles. The Bertz CT molecular complexity index is 442. The van der Waals surface area contributed by atoms with Crippen LogP contribution in [0.15, 0.2) is 42.5 Å². The zero-order valence-corrected chi connectivity index (χ0v) is 8.00. The van der Waals surface area contributed by atoms with Crippen LogP contribution < -0.4 is 0 Å². The Kier molecular flexibility index (Phi) is 2.46. The number of pyridine rings is 1. The van der Waals surface area contributed by atoms with Gasteiger partial charge in [-0.1, -0.05) is 41.9 Å². The highest BCUT2D eigenvalue weighted by atomic mass is 35.5. The number of halogens is 2. The third-order valence-corrected chi connectivity index (χ3v) is 2.14. The van der Waals surface area contributed by atoms with Gasteiger partial charge in [-0.3, -0.25) is 0 Å². The van der Waals surface area contributed by atoms with Crippen molar-refractivity contribution in [3.8, 4) is 11.3 Å². The van der Waals surface area contributed by atoms with Crippen molar-refractivity contribution in [2.45, 2.75) is 0 Å². The molecule has 0 radical (unpaired) electrons. The molecule has 1 aromatic heterocycles. The Morgan fingerprint density at radius 2 is 1.71 bits per heavy atom. The number of hydrogen-bond donors (Lipinski definition) is 0. The fourth-order valence-corrected chi connectivity index (χ4v) is 1.34. The van der Waals surface area contributed by atoms with Crippen molar-refractivity contribution in [2.24, 2.45) is 0 Å². The molecule has 0 atom stereocenters. The van der Waals surface area contributed by atoms with Crippen LogP contribution in [0.2, 0.25) is 5.15 Å². The minimum Gasteiger partial charge on any atom is -0.233 e. The van der Waals surface area contributed by atoms with Crippen LogP contribution in [0.3, 0.4) is 0 Å². The SMILES string of the molecule is Fc1ccc(-c2ccccc2)nc1Cl. The molecule has 14 heavy (non-hydrogen) atoms. The van der Waals surface area contributed by atoms with Gasteiger partial charge in [0, 0.05) is 5.56 Å². The summed E-state index contributed by atoms with van der Waals surface area (Å²) in [7, 11) is 0. The summed E-state index contributed by atoms with van der Waals surface area (Å²) >= 11 is 5.58. The lowest BCUT2D eigenvalue weighted by Crippen LogP contribution is -1.86. The van der Waals surface area contributed by atoms with E-state index in [1.54, 1.807) is 6.07 Å². The molecule has 0 bridgehead atoms. The summed E-state index contributed by atoms with van der Waals surface area (Å²) in [5.41, 5.74) is 1.60. The Morgan fingerprint density at radius 3 is 2.36 bits per heavy atom. The van der Waals surface area contributed by atoms with Gasteiger partial charge < -0.3 is 0 Å². The third-order valence-electron chi connectivity index (χ3n) is 1.87. The van der Waals surface area contributed by atoms with Crippen molar-refractivity contribution < 1.29 is 4.39 Å². The highest BCUT2D eigenvalue weighted by Crippen LogP contribution is 2.20. The van der Waals surface area contributed by atoms with Crippen LogP contribution in [-0.2, 0) is 0 Å². The quantitative estimate of drug-likeness (QED) is 0.652. The fourth-order valence-electron chi connectivity index (χ4n) is 1.19. The summed E-state index contributed by atoms with van der Waals surface area (Å²) in [6.45, 7) is 0. The Labute approximate surface area is 86.2 Å². The molecule has 0 unspecified atom stereocenters. The van der Waals surface area contributed by atoms with Crippen molar-refractivity contribution in [3.63, 3.8) is 0 Å². The van der Waals surface area contributed by atoms with Crippen molar-refractivity contribution in [3.05, 3.63) is 53.4 Å². The first-order valence-electron chi connectivity index (χ1n) is 4.15. The minimum atomic E-state index is -0.494. The molecule has 0 N–H and O–H groups in total. The van der Waals surface area contributed by atoms with Gasteiger partial charge >= 0.3 is 0 Å². The maximum absolute atomic E-state index is 12.8.